The first kappa shape index (κ1) is 18.2. The molecule has 130 valence electrons. The number of amides is 1. The van der Waals surface area contributed by atoms with Crippen LogP contribution >= 0.6 is 0 Å². The Kier molecular flexibility index (Phi) is 6.18. The topological polar surface area (TPSA) is 66.4 Å². The molecule has 0 aliphatic heterocycles. The number of rotatable bonds is 6. The molecule has 0 unspecified atom stereocenters. The molecule has 0 spiro atoms. The number of aryl methyl sites for hydroxylation is 1. The Morgan fingerprint density at radius 1 is 1.12 bits per heavy atom. The van der Waals surface area contributed by atoms with Crippen LogP contribution in [0.5, 0.6) is 0 Å². The van der Waals surface area contributed by atoms with Crippen LogP contribution in [0.3, 0.4) is 0 Å². The van der Waals surface area contributed by atoms with Crippen LogP contribution in [0.25, 0.3) is 0 Å². The molecular weight excluding hydrogens is 302 g/mol. The van der Waals surface area contributed by atoms with Gasteiger partial charge in [0.2, 0.25) is 5.91 Å². The van der Waals surface area contributed by atoms with Crippen molar-refractivity contribution in [3.63, 3.8) is 0 Å². The Morgan fingerprint density at radius 3 is 2.29 bits per heavy atom. The average Bonchev–Trinajstić information content (AvgIpc) is 2.55. The maximum atomic E-state index is 12.6. The van der Waals surface area contributed by atoms with E-state index in [1.807, 2.05) is 39.0 Å². The molecule has 1 aliphatic carbocycles. The van der Waals surface area contributed by atoms with E-state index in [-0.39, 0.29) is 11.9 Å². The molecule has 2 rings (SSSR count). The standard InChI is InChI=1S/C20H27NO3/c1-13-11-17(18(20(23)24)12-14(13)2)19(22)21-15(3)9-10-16-7-5-4-6-8-16/h4-8,15,17-18H,9-12H2,1-3H3,(H,21,22)(H,23,24)/t15-,17+,18-/m0/s1. The highest BCUT2D eigenvalue weighted by molar-refractivity contribution is 5.85. The molecule has 1 aromatic carbocycles. The summed E-state index contributed by atoms with van der Waals surface area (Å²) in [5.41, 5.74) is 3.49. The van der Waals surface area contributed by atoms with Crippen LogP contribution < -0.4 is 5.32 Å². The first-order chi connectivity index (χ1) is 11.4. The number of allylic oxidation sites excluding steroid dienone is 2. The molecular formula is C20H27NO3. The summed E-state index contributed by atoms with van der Waals surface area (Å²) in [5.74, 6) is -2.09. The van der Waals surface area contributed by atoms with E-state index in [0.717, 1.165) is 24.0 Å². The first-order valence-electron chi connectivity index (χ1n) is 8.60. The third-order valence-electron chi connectivity index (χ3n) is 5.02. The molecule has 0 bridgehead atoms. The summed E-state index contributed by atoms with van der Waals surface area (Å²) in [5, 5.41) is 12.5. The lowest BCUT2D eigenvalue weighted by atomic mass is 9.76. The second kappa shape index (κ2) is 8.13. The van der Waals surface area contributed by atoms with Crippen molar-refractivity contribution in [2.45, 2.75) is 52.5 Å². The fraction of sp³-hybridized carbons (Fsp3) is 0.500. The Bertz CT molecular complexity index is 621. The van der Waals surface area contributed by atoms with Gasteiger partial charge in [-0.05, 0) is 52.0 Å². The van der Waals surface area contributed by atoms with Crippen molar-refractivity contribution in [1.82, 2.24) is 5.32 Å². The largest absolute Gasteiger partial charge is 0.481 e. The van der Waals surface area contributed by atoms with Gasteiger partial charge in [0.1, 0.15) is 0 Å². The fourth-order valence-corrected chi connectivity index (χ4v) is 3.28. The minimum Gasteiger partial charge on any atom is -0.481 e. The highest BCUT2D eigenvalue weighted by Gasteiger charge is 2.37. The lowest BCUT2D eigenvalue weighted by Gasteiger charge is -2.30. The lowest BCUT2D eigenvalue weighted by Crippen LogP contribution is -2.43. The van der Waals surface area contributed by atoms with Gasteiger partial charge in [0.25, 0.3) is 0 Å². The minimum atomic E-state index is -0.876. The van der Waals surface area contributed by atoms with Crippen molar-refractivity contribution in [2.24, 2.45) is 11.8 Å². The molecule has 0 saturated carbocycles. The van der Waals surface area contributed by atoms with Crippen molar-refractivity contribution >= 4 is 11.9 Å². The molecule has 4 nitrogen and oxygen atoms in total. The Labute approximate surface area is 144 Å². The van der Waals surface area contributed by atoms with Crippen LogP contribution in [0.15, 0.2) is 41.5 Å². The van der Waals surface area contributed by atoms with E-state index in [2.05, 4.69) is 17.4 Å². The van der Waals surface area contributed by atoms with E-state index in [0.29, 0.717) is 12.8 Å². The van der Waals surface area contributed by atoms with E-state index < -0.39 is 17.8 Å². The third kappa shape index (κ3) is 4.70. The Morgan fingerprint density at radius 2 is 1.71 bits per heavy atom. The second-order valence-electron chi connectivity index (χ2n) is 6.95. The predicted molar refractivity (Wildman–Crippen MR) is 94.6 cm³/mol. The number of nitrogens with one attached hydrogen (secondary N) is 1. The molecule has 24 heavy (non-hydrogen) atoms. The van der Waals surface area contributed by atoms with E-state index in [9.17, 15) is 14.7 Å². The summed E-state index contributed by atoms with van der Waals surface area (Å²) >= 11 is 0. The fourth-order valence-electron chi connectivity index (χ4n) is 3.28. The maximum Gasteiger partial charge on any atom is 0.307 e. The van der Waals surface area contributed by atoms with Gasteiger partial charge in [0.05, 0.1) is 11.8 Å². The molecule has 0 radical (unpaired) electrons. The van der Waals surface area contributed by atoms with Crippen LogP contribution in [0.1, 0.15) is 45.6 Å². The lowest BCUT2D eigenvalue weighted by molar-refractivity contribution is -0.147. The number of aliphatic carboxylic acids is 1. The van der Waals surface area contributed by atoms with E-state index in [1.54, 1.807) is 0 Å². The molecule has 1 aliphatic rings. The molecule has 3 atom stereocenters. The van der Waals surface area contributed by atoms with Crippen LogP contribution in [0.2, 0.25) is 0 Å². The number of hydrogen-bond acceptors (Lipinski definition) is 2. The maximum absolute atomic E-state index is 12.6. The normalized spacial score (nSPS) is 22.1. The molecule has 0 saturated heterocycles. The molecule has 2 N–H and O–H groups in total. The van der Waals surface area contributed by atoms with Gasteiger partial charge in [0, 0.05) is 6.04 Å². The molecule has 4 heteroatoms. The average molecular weight is 329 g/mol. The number of carboxylic acid groups (broad SMARTS) is 1. The van der Waals surface area contributed by atoms with E-state index in [4.69, 9.17) is 0 Å². The first-order valence-corrected chi connectivity index (χ1v) is 8.60. The summed E-state index contributed by atoms with van der Waals surface area (Å²) in [6, 6.07) is 10.2. The Balaban J connectivity index is 1.93. The number of carbonyl (C=O) groups excluding carboxylic acids is 1. The number of carbonyl (C=O) groups is 2. The summed E-state index contributed by atoms with van der Waals surface area (Å²) in [4.78, 5) is 24.1. The summed E-state index contributed by atoms with van der Waals surface area (Å²) in [6.45, 7) is 5.93. The van der Waals surface area contributed by atoms with Crippen LogP contribution in [-0.4, -0.2) is 23.0 Å². The van der Waals surface area contributed by atoms with Gasteiger partial charge in [-0.1, -0.05) is 41.5 Å². The zero-order valence-corrected chi connectivity index (χ0v) is 14.7. The number of benzene rings is 1. The van der Waals surface area contributed by atoms with E-state index in [1.165, 1.54) is 5.56 Å². The highest BCUT2D eigenvalue weighted by Crippen LogP contribution is 2.34. The molecule has 0 fully saturated rings. The third-order valence-corrected chi connectivity index (χ3v) is 5.02. The Hall–Kier alpha value is -2.10. The zero-order valence-electron chi connectivity index (χ0n) is 14.7. The van der Waals surface area contributed by atoms with Crippen LogP contribution in [0.4, 0.5) is 0 Å². The highest BCUT2D eigenvalue weighted by atomic mass is 16.4. The molecule has 0 heterocycles. The second-order valence-corrected chi connectivity index (χ2v) is 6.95. The quantitative estimate of drug-likeness (QED) is 0.784. The molecule has 0 aromatic heterocycles. The van der Waals surface area contributed by atoms with E-state index >= 15 is 0 Å². The van der Waals surface area contributed by atoms with Crippen LogP contribution in [0, 0.1) is 11.8 Å². The van der Waals surface area contributed by atoms with Crippen molar-refractivity contribution in [1.29, 1.82) is 0 Å². The SMILES string of the molecule is CC1=C(C)C[C@@H](C(=O)N[C@@H](C)CCc2ccccc2)[C@@H](C(=O)O)C1. The van der Waals surface area contributed by atoms with Gasteiger partial charge in [0.15, 0.2) is 0 Å². The van der Waals surface area contributed by atoms with Crippen molar-refractivity contribution in [2.75, 3.05) is 0 Å². The van der Waals surface area contributed by atoms with Gasteiger partial charge in [-0.15, -0.1) is 0 Å². The summed E-state index contributed by atoms with van der Waals surface area (Å²) in [7, 11) is 0. The van der Waals surface area contributed by atoms with Crippen molar-refractivity contribution in [3.8, 4) is 0 Å². The van der Waals surface area contributed by atoms with Crippen molar-refractivity contribution in [3.05, 3.63) is 47.0 Å². The van der Waals surface area contributed by atoms with Gasteiger partial charge < -0.3 is 10.4 Å². The summed E-state index contributed by atoms with van der Waals surface area (Å²) in [6.07, 6.45) is 2.75. The zero-order chi connectivity index (χ0) is 17.7. The van der Waals surface area contributed by atoms with Crippen LogP contribution in [-0.2, 0) is 16.0 Å². The molecule has 1 aromatic rings. The van der Waals surface area contributed by atoms with Gasteiger partial charge in [-0.25, -0.2) is 0 Å². The van der Waals surface area contributed by atoms with Gasteiger partial charge in [-0.3, -0.25) is 9.59 Å². The minimum absolute atomic E-state index is 0.0273. The monoisotopic (exact) mass is 329 g/mol. The smallest absolute Gasteiger partial charge is 0.307 e. The number of carboxylic acids is 1. The van der Waals surface area contributed by atoms with Crippen molar-refractivity contribution < 1.29 is 14.7 Å². The summed E-state index contributed by atoms with van der Waals surface area (Å²) < 4.78 is 0. The van der Waals surface area contributed by atoms with Gasteiger partial charge in [-0.2, -0.15) is 0 Å². The number of hydrogen-bond donors (Lipinski definition) is 2. The predicted octanol–water partition coefficient (Wildman–Crippen LogP) is 3.57. The molecule has 1 amide bonds. The van der Waals surface area contributed by atoms with Gasteiger partial charge >= 0.3 is 5.97 Å².